The van der Waals surface area contributed by atoms with Gasteiger partial charge in [0.05, 0.1) is 0 Å². The first-order chi connectivity index (χ1) is 13.7. The quantitative estimate of drug-likeness (QED) is 0.658. The van der Waals surface area contributed by atoms with Crippen molar-refractivity contribution in [2.45, 2.75) is 25.8 Å². The molecule has 146 valence electrons. The Kier molecular flexibility index (Phi) is 5.92. The van der Waals surface area contributed by atoms with Crippen molar-refractivity contribution in [3.8, 4) is 11.4 Å². The van der Waals surface area contributed by atoms with E-state index in [0.29, 0.717) is 42.2 Å². The van der Waals surface area contributed by atoms with Gasteiger partial charge in [-0.1, -0.05) is 28.9 Å². The summed E-state index contributed by atoms with van der Waals surface area (Å²) in [5.41, 5.74) is 2.00. The molecule has 1 aliphatic rings. The van der Waals surface area contributed by atoms with Gasteiger partial charge in [-0.15, -0.1) is 0 Å². The maximum Gasteiger partial charge on any atom is 0.317 e. The van der Waals surface area contributed by atoms with Crippen molar-refractivity contribution in [3.05, 3.63) is 57.6 Å². The van der Waals surface area contributed by atoms with E-state index in [1.165, 1.54) is 0 Å². The van der Waals surface area contributed by atoms with Gasteiger partial charge in [0.25, 0.3) is 0 Å². The summed E-state index contributed by atoms with van der Waals surface area (Å²) in [5.74, 6) is 1.59. The standard InChI is InChI=1S/C20H21ClN4O2S/c21-17-5-3-14(4-6-17)11-22-20(26)25-8-1-2-15(12-25)10-18-23-19(24-27-18)16-7-9-28-13-16/h3-7,9,13,15H,1-2,8,10-12H2,(H,22,26). The van der Waals surface area contributed by atoms with Crippen LogP contribution in [0.3, 0.4) is 0 Å². The molecular formula is C20H21ClN4O2S. The molecule has 1 aliphatic heterocycles. The Bertz CT molecular complexity index is 911. The average molecular weight is 417 g/mol. The van der Waals surface area contributed by atoms with Crippen LogP contribution in [0, 0.1) is 5.92 Å². The largest absolute Gasteiger partial charge is 0.339 e. The fraction of sp³-hybridized carbons (Fsp3) is 0.350. The molecule has 8 heteroatoms. The van der Waals surface area contributed by atoms with Crippen molar-refractivity contribution < 1.29 is 9.32 Å². The SMILES string of the molecule is O=C(NCc1ccc(Cl)cc1)N1CCCC(Cc2nc(-c3ccsc3)no2)C1. The summed E-state index contributed by atoms with van der Waals surface area (Å²) in [6, 6.07) is 9.44. The predicted molar refractivity (Wildman–Crippen MR) is 109 cm³/mol. The maximum atomic E-state index is 12.5. The topological polar surface area (TPSA) is 71.3 Å². The number of rotatable bonds is 5. The Morgan fingerprint density at radius 1 is 1.32 bits per heavy atom. The Morgan fingerprint density at radius 2 is 2.18 bits per heavy atom. The van der Waals surface area contributed by atoms with E-state index < -0.39 is 0 Å². The second-order valence-electron chi connectivity index (χ2n) is 6.97. The fourth-order valence-corrected chi connectivity index (χ4v) is 4.16. The predicted octanol–water partition coefficient (Wildman–Crippen LogP) is 4.62. The Morgan fingerprint density at radius 3 is 2.96 bits per heavy atom. The highest BCUT2D eigenvalue weighted by Crippen LogP contribution is 2.23. The van der Waals surface area contributed by atoms with E-state index in [4.69, 9.17) is 16.1 Å². The van der Waals surface area contributed by atoms with E-state index in [1.54, 1.807) is 11.3 Å². The van der Waals surface area contributed by atoms with Crippen LogP contribution in [0.2, 0.25) is 5.02 Å². The van der Waals surface area contributed by atoms with Crippen LogP contribution in [0.25, 0.3) is 11.4 Å². The first kappa shape index (κ1) is 19.0. The zero-order valence-corrected chi connectivity index (χ0v) is 16.9. The summed E-state index contributed by atoms with van der Waals surface area (Å²) >= 11 is 7.50. The summed E-state index contributed by atoms with van der Waals surface area (Å²) in [6.07, 6.45) is 2.72. The van der Waals surface area contributed by atoms with Gasteiger partial charge in [0.15, 0.2) is 0 Å². The third-order valence-electron chi connectivity index (χ3n) is 4.87. The van der Waals surface area contributed by atoms with Crippen LogP contribution in [-0.4, -0.2) is 34.2 Å². The highest BCUT2D eigenvalue weighted by Gasteiger charge is 2.25. The summed E-state index contributed by atoms with van der Waals surface area (Å²) in [7, 11) is 0. The molecule has 3 heterocycles. The molecule has 0 spiro atoms. The Labute approximate surface area is 172 Å². The molecule has 2 aromatic heterocycles. The van der Waals surface area contributed by atoms with Crippen molar-refractivity contribution in [2.24, 2.45) is 5.92 Å². The van der Waals surface area contributed by atoms with Crippen molar-refractivity contribution >= 4 is 29.0 Å². The van der Waals surface area contributed by atoms with E-state index >= 15 is 0 Å². The number of aromatic nitrogens is 2. The lowest BCUT2D eigenvalue weighted by Gasteiger charge is -2.32. The number of thiophene rings is 1. The smallest absolute Gasteiger partial charge is 0.317 e. The molecule has 0 radical (unpaired) electrons. The lowest BCUT2D eigenvalue weighted by atomic mass is 9.95. The van der Waals surface area contributed by atoms with Crippen LogP contribution >= 0.6 is 22.9 Å². The summed E-state index contributed by atoms with van der Waals surface area (Å²) in [5, 5.41) is 11.7. The number of hydrogen-bond acceptors (Lipinski definition) is 5. The second kappa shape index (κ2) is 8.75. The van der Waals surface area contributed by atoms with Crippen molar-refractivity contribution in [2.75, 3.05) is 13.1 Å². The highest BCUT2D eigenvalue weighted by atomic mass is 35.5. The fourth-order valence-electron chi connectivity index (χ4n) is 3.40. The van der Waals surface area contributed by atoms with Gasteiger partial charge in [-0.2, -0.15) is 16.3 Å². The van der Waals surface area contributed by atoms with Crippen molar-refractivity contribution in [1.29, 1.82) is 0 Å². The molecule has 0 aliphatic carbocycles. The van der Waals surface area contributed by atoms with Gasteiger partial charge >= 0.3 is 6.03 Å². The molecule has 1 fully saturated rings. The molecule has 28 heavy (non-hydrogen) atoms. The number of piperidine rings is 1. The number of carbonyl (C=O) groups excluding carboxylic acids is 1. The minimum absolute atomic E-state index is 0.0378. The number of amides is 2. The van der Waals surface area contributed by atoms with Gasteiger partial charge in [0, 0.05) is 42.0 Å². The molecule has 0 saturated carbocycles. The number of benzene rings is 1. The molecule has 1 unspecified atom stereocenters. The van der Waals surface area contributed by atoms with Gasteiger partial charge in [-0.25, -0.2) is 4.79 Å². The van der Waals surface area contributed by atoms with E-state index in [0.717, 1.165) is 30.5 Å². The molecule has 1 aromatic carbocycles. The molecule has 1 saturated heterocycles. The molecule has 3 aromatic rings. The number of halogens is 1. The summed E-state index contributed by atoms with van der Waals surface area (Å²) in [6.45, 7) is 1.96. The second-order valence-corrected chi connectivity index (χ2v) is 8.18. The molecule has 2 amide bonds. The average Bonchev–Trinajstić information content (AvgIpc) is 3.39. The Hall–Kier alpha value is -2.38. The summed E-state index contributed by atoms with van der Waals surface area (Å²) in [4.78, 5) is 18.9. The van der Waals surface area contributed by atoms with E-state index in [2.05, 4.69) is 15.5 Å². The zero-order valence-electron chi connectivity index (χ0n) is 15.3. The van der Waals surface area contributed by atoms with Crippen LogP contribution in [0.5, 0.6) is 0 Å². The van der Waals surface area contributed by atoms with Crippen molar-refractivity contribution in [3.63, 3.8) is 0 Å². The van der Waals surface area contributed by atoms with Gasteiger partial charge in [-0.05, 0) is 47.9 Å². The number of urea groups is 1. The molecule has 6 nitrogen and oxygen atoms in total. The number of likely N-dealkylation sites (tertiary alicyclic amines) is 1. The van der Waals surface area contributed by atoms with Gasteiger partial charge in [0.2, 0.25) is 11.7 Å². The highest BCUT2D eigenvalue weighted by molar-refractivity contribution is 7.08. The van der Waals surface area contributed by atoms with Crippen LogP contribution in [0.15, 0.2) is 45.6 Å². The molecule has 1 atom stereocenters. The first-order valence-corrected chi connectivity index (χ1v) is 10.6. The third kappa shape index (κ3) is 4.72. The normalized spacial score (nSPS) is 16.9. The lowest BCUT2D eigenvalue weighted by molar-refractivity contribution is 0.161. The van der Waals surface area contributed by atoms with Gasteiger partial charge in [-0.3, -0.25) is 0 Å². The van der Waals surface area contributed by atoms with E-state index in [1.807, 2.05) is 46.0 Å². The van der Waals surface area contributed by atoms with Crippen LogP contribution in [0.1, 0.15) is 24.3 Å². The molecular weight excluding hydrogens is 396 g/mol. The number of nitrogens with one attached hydrogen (secondary N) is 1. The van der Waals surface area contributed by atoms with E-state index in [9.17, 15) is 4.79 Å². The summed E-state index contributed by atoms with van der Waals surface area (Å²) < 4.78 is 5.42. The first-order valence-electron chi connectivity index (χ1n) is 9.30. The minimum Gasteiger partial charge on any atom is -0.339 e. The molecule has 4 rings (SSSR count). The Balaban J connectivity index is 1.30. The van der Waals surface area contributed by atoms with Crippen LogP contribution in [0.4, 0.5) is 4.79 Å². The van der Waals surface area contributed by atoms with Gasteiger partial charge in [0.1, 0.15) is 0 Å². The van der Waals surface area contributed by atoms with Gasteiger partial charge < -0.3 is 14.7 Å². The molecule has 0 bridgehead atoms. The molecule has 1 N–H and O–H groups in total. The number of nitrogens with zero attached hydrogens (tertiary/aromatic N) is 3. The minimum atomic E-state index is -0.0378. The zero-order chi connectivity index (χ0) is 19.3. The maximum absolute atomic E-state index is 12.5. The van der Waals surface area contributed by atoms with Crippen molar-refractivity contribution in [1.82, 2.24) is 20.4 Å². The lowest BCUT2D eigenvalue weighted by Crippen LogP contribution is -2.45. The van der Waals surface area contributed by atoms with E-state index in [-0.39, 0.29) is 6.03 Å². The number of hydrogen-bond donors (Lipinski definition) is 1. The van der Waals surface area contributed by atoms with Crippen LogP contribution in [-0.2, 0) is 13.0 Å². The monoisotopic (exact) mass is 416 g/mol. The third-order valence-corrected chi connectivity index (χ3v) is 5.81. The van der Waals surface area contributed by atoms with Crippen LogP contribution < -0.4 is 5.32 Å². The number of carbonyl (C=O) groups is 1.